The molecule has 0 fully saturated rings. The Morgan fingerprint density at radius 2 is 1.17 bits per heavy atom. The summed E-state index contributed by atoms with van der Waals surface area (Å²) in [5.74, 6) is 0.858. The standard InChI is InChI=1S/C27H21NOS/c1-29-23-14-12-22(13-15-23)28-24(20-8-4-2-5-9-20)16-17-25(28)27-19-18-26(30-27)21-10-6-3-7-11-21/h2-19H,1H3. The molecule has 0 aliphatic heterocycles. The third-order valence-electron chi connectivity index (χ3n) is 5.20. The molecule has 146 valence electrons. The quantitative estimate of drug-likeness (QED) is 0.293. The molecule has 5 rings (SSSR count). The van der Waals surface area contributed by atoms with Crippen LogP contribution in [0.5, 0.6) is 5.75 Å². The van der Waals surface area contributed by atoms with Gasteiger partial charge in [0, 0.05) is 10.6 Å². The van der Waals surface area contributed by atoms with Crippen LogP contribution in [-0.4, -0.2) is 11.7 Å². The van der Waals surface area contributed by atoms with Crippen LogP contribution in [0, 0.1) is 0 Å². The van der Waals surface area contributed by atoms with Crippen molar-refractivity contribution in [1.29, 1.82) is 0 Å². The first-order valence-corrected chi connectivity index (χ1v) is 10.7. The molecule has 2 nitrogen and oxygen atoms in total. The summed E-state index contributed by atoms with van der Waals surface area (Å²) in [5, 5.41) is 0. The Morgan fingerprint density at radius 3 is 1.83 bits per heavy atom. The Bertz CT molecular complexity index is 1250. The van der Waals surface area contributed by atoms with Crippen molar-refractivity contribution in [2.45, 2.75) is 0 Å². The van der Waals surface area contributed by atoms with Gasteiger partial charge in [0.05, 0.1) is 23.4 Å². The second-order valence-corrected chi connectivity index (χ2v) is 8.12. The third kappa shape index (κ3) is 3.44. The zero-order valence-corrected chi connectivity index (χ0v) is 17.5. The van der Waals surface area contributed by atoms with Crippen molar-refractivity contribution in [2.24, 2.45) is 0 Å². The van der Waals surface area contributed by atoms with Crippen LogP contribution >= 0.6 is 11.3 Å². The van der Waals surface area contributed by atoms with Crippen molar-refractivity contribution < 1.29 is 4.74 Å². The number of ether oxygens (including phenoxy) is 1. The zero-order chi connectivity index (χ0) is 20.3. The minimum Gasteiger partial charge on any atom is -0.497 e. The van der Waals surface area contributed by atoms with Crippen molar-refractivity contribution in [3.05, 3.63) is 109 Å². The summed E-state index contributed by atoms with van der Waals surface area (Å²) in [6.07, 6.45) is 0. The maximum Gasteiger partial charge on any atom is 0.119 e. The molecule has 5 aromatic rings. The monoisotopic (exact) mass is 407 g/mol. The van der Waals surface area contributed by atoms with Gasteiger partial charge in [-0.15, -0.1) is 11.3 Å². The second kappa shape index (κ2) is 8.05. The third-order valence-corrected chi connectivity index (χ3v) is 6.35. The highest BCUT2D eigenvalue weighted by molar-refractivity contribution is 7.18. The summed E-state index contributed by atoms with van der Waals surface area (Å²) in [6.45, 7) is 0. The van der Waals surface area contributed by atoms with E-state index in [0.717, 1.165) is 11.4 Å². The lowest BCUT2D eigenvalue weighted by Crippen LogP contribution is -1.98. The lowest BCUT2D eigenvalue weighted by Gasteiger charge is -2.14. The number of hydrogen-bond donors (Lipinski definition) is 0. The Kier molecular flexibility index (Phi) is 4.96. The van der Waals surface area contributed by atoms with Gasteiger partial charge in [-0.25, -0.2) is 0 Å². The van der Waals surface area contributed by atoms with Gasteiger partial charge in [0.25, 0.3) is 0 Å². The van der Waals surface area contributed by atoms with E-state index in [9.17, 15) is 0 Å². The van der Waals surface area contributed by atoms with Crippen molar-refractivity contribution in [2.75, 3.05) is 7.11 Å². The van der Waals surface area contributed by atoms with E-state index in [1.54, 1.807) is 7.11 Å². The SMILES string of the molecule is COc1ccc(-n2c(-c3ccccc3)ccc2-c2ccc(-c3ccccc3)s2)cc1. The molecule has 0 saturated heterocycles. The topological polar surface area (TPSA) is 14.2 Å². The Hall–Kier alpha value is -3.56. The van der Waals surface area contributed by atoms with Gasteiger partial charge in [0.15, 0.2) is 0 Å². The summed E-state index contributed by atoms with van der Waals surface area (Å²) >= 11 is 1.82. The van der Waals surface area contributed by atoms with Crippen LogP contribution in [0.25, 0.3) is 38.0 Å². The van der Waals surface area contributed by atoms with Crippen LogP contribution in [0.2, 0.25) is 0 Å². The van der Waals surface area contributed by atoms with Crippen LogP contribution in [0.15, 0.2) is 109 Å². The van der Waals surface area contributed by atoms with Crippen LogP contribution in [0.1, 0.15) is 0 Å². The maximum atomic E-state index is 5.36. The summed E-state index contributed by atoms with van der Waals surface area (Å²) in [7, 11) is 1.70. The van der Waals surface area contributed by atoms with Crippen LogP contribution < -0.4 is 4.74 Å². The normalized spacial score (nSPS) is 10.8. The molecule has 30 heavy (non-hydrogen) atoms. The number of methoxy groups -OCH3 is 1. The summed E-state index contributed by atoms with van der Waals surface area (Å²) in [6, 6.07) is 38.2. The smallest absolute Gasteiger partial charge is 0.119 e. The van der Waals surface area contributed by atoms with Gasteiger partial charge in [0.1, 0.15) is 5.75 Å². The average Bonchev–Trinajstić information content (AvgIpc) is 3.48. The first-order chi connectivity index (χ1) is 14.8. The molecule has 0 atom stereocenters. The lowest BCUT2D eigenvalue weighted by molar-refractivity contribution is 0.415. The fourth-order valence-electron chi connectivity index (χ4n) is 3.71. The molecule has 2 aromatic heterocycles. The van der Waals surface area contributed by atoms with Gasteiger partial charge in [-0.2, -0.15) is 0 Å². The van der Waals surface area contributed by atoms with E-state index in [1.807, 2.05) is 23.5 Å². The van der Waals surface area contributed by atoms with Gasteiger partial charge in [-0.1, -0.05) is 60.7 Å². The van der Waals surface area contributed by atoms with Gasteiger partial charge >= 0.3 is 0 Å². The highest BCUT2D eigenvalue weighted by atomic mass is 32.1. The first-order valence-electron chi connectivity index (χ1n) is 9.91. The van der Waals surface area contributed by atoms with Gasteiger partial charge in [-0.3, -0.25) is 0 Å². The molecule has 0 radical (unpaired) electrons. The van der Waals surface area contributed by atoms with Crippen LogP contribution in [0.3, 0.4) is 0 Å². The molecular formula is C27H21NOS. The number of hydrogen-bond acceptors (Lipinski definition) is 2. The van der Waals surface area contributed by atoms with Crippen molar-refractivity contribution in [1.82, 2.24) is 4.57 Å². The van der Waals surface area contributed by atoms with E-state index < -0.39 is 0 Å². The van der Waals surface area contributed by atoms with E-state index in [4.69, 9.17) is 4.74 Å². The largest absolute Gasteiger partial charge is 0.497 e. The van der Waals surface area contributed by atoms with E-state index in [1.165, 1.54) is 32.3 Å². The molecule has 0 spiro atoms. The van der Waals surface area contributed by atoms with E-state index in [2.05, 4.69) is 102 Å². The van der Waals surface area contributed by atoms with Gasteiger partial charge in [-0.05, 0) is 59.7 Å². The Morgan fingerprint density at radius 1 is 0.567 bits per heavy atom. The zero-order valence-electron chi connectivity index (χ0n) is 16.7. The highest BCUT2D eigenvalue weighted by Gasteiger charge is 2.15. The molecule has 2 heterocycles. The fourth-order valence-corrected chi connectivity index (χ4v) is 4.73. The molecule has 0 unspecified atom stereocenters. The van der Waals surface area contributed by atoms with Crippen molar-refractivity contribution >= 4 is 11.3 Å². The predicted molar refractivity (Wildman–Crippen MR) is 127 cm³/mol. The average molecular weight is 408 g/mol. The number of benzene rings is 3. The molecule has 0 N–H and O–H groups in total. The number of rotatable bonds is 5. The molecule has 0 bridgehead atoms. The Balaban J connectivity index is 1.65. The van der Waals surface area contributed by atoms with Gasteiger partial charge in [0.2, 0.25) is 0 Å². The molecule has 0 saturated carbocycles. The number of thiophene rings is 1. The van der Waals surface area contributed by atoms with Crippen molar-refractivity contribution in [3.63, 3.8) is 0 Å². The molecular weight excluding hydrogens is 386 g/mol. The Labute approximate surface area is 180 Å². The van der Waals surface area contributed by atoms with E-state index in [0.29, 0.717) is 0 Å². The minimum absolute atomic E-state index is 0.858. The molecule has 3 heteroatoms. The van der Waals surface area contributed by atoms with Gasteiger partial charge < -0.3 is 9.30 Å². The summed E-state index contributed by atoms with van der Waals surface area (Å²) in [4.78, 5) is 2.51. The van der Waals surface area contributed by atoms with E-state index in [-0.39, 0.29) is 0 Å². The molecule has 0 amide bonds. The van der Waals surface area contributed by atoms with E-state index >= 15 is 0 Å². The van der Waals surface area contributed by atoms with Crippen LogP contribution in [-0.2, 0) is 0 Å². The van der Waals surface area contributed by atoms with Crippen LogP contribution in [0.4, 0.5) is 0 Å². The maximum absolute atomic E-state index is 5.36. The summed E-state index contributed by atoms with van der Waals surface area (Å²) < 4.78 is 7.69. The predicted octanol–water partition coefficient (Wildman–Crippen LogP) is 7.55. The minimum atomic E-state index is 0.858. The molecule has 0 aliphatic carbocycles. The fraction of sp³-hybridized carbons (Fsp3) is 0.0370. The number of nitrogens with zero attached hydrogens (tertiary/aromatic N) is 1. The molecule has 3 aromatic carbocycles. The lowest BCUT2D eigenvalue weighted by atomic mass is 10.1. The second-order valence-electron chi connectivity index (χ2n) is 7.03. The first kappa shape index (κ1) is 18.5. The number of aromatic nitrogens is 1. The summed E-state index contributed by atoms with van der Waals surface area (Å²) in [5.41, 5.74) is 5.92. The van der Waals surface area contributed by atoms with Crippen molar-refractivity contribution in [3.8, 4) is 43.7 Å². The highest BCUT2D eigenvalue weighted by Crippen LogP contribution is 2.38. The molecule has 0 aliphatic rings.